The highest BCUT2D eigenvalue weighted by Crippen LogP contribution is 2.32. The molecular weight excluding hydrogens is 309 g/mol. The molecule has 2 aromatic rings. The number of hydrogen-bond donors (Lipinski definition) is 0. The molecule has 0 bridgehead atoms. The van der Waals surface area contributed by atoms with Gasteiger partial charge in [0.25, 0.3) is 0 Å². The van der Waals surface area contributed by atoms with Crippen molar-refractivity contribution in [3.63, 3.8) is 0 Å². The quantitative estimate of drug-likeness (QED) is 0.570. The van der Waals surface area contributed by atoms with Crippen LogP contribution in [0.25, 0.3) is 0 Å². The second-order valence-electron chi connectivity index (χ2n) is 7.60. The van der Waals surface area contributed by atoms with E-state index in [4.69, 9.17) is 0 Å². The predicted molar refractivity (Wildman–Crippen MR) is 93.1 cm³/mol. The Labute approximate surface area is 142 Å². The Balaban J connectivity index is 2.41. The molecule has 0 nitrogen and oxygen atoms in total. The number of benzene rings is 2. The summed E-state index contributed by atoms with van der Waals surface area (Å²) in [4.78, 5) is 0. The molecule has 0 aromatic heterocycles. The lowest BCUT2D eigenvalue weighted by atomic mass is 9.77. The van der Waals surface area contributed by atoms with Crippen molar-refractivity contribution < 1.29 is 13.2 Å². The van der Waals surface area contributed by atoms with E-state index >= 15 is 0 Å². The standard InChI is InChI=1S/C21H25F3/c1-12(2)17-8-13(3)15(7-14(17)4)11-21(5,6)16-9-18(22)20(24)19(23)10-16/h7-10,12H,11H2,1-6H3. The Morgan fingerprint density at radius 3 is 1.92 bits per heavy atom. The van der Waals surface area contributed by atoms with Crippen LogP contribution < -0.4 is 0 Å². The van der Waals surface area contributed by atoms with Gasteiger partial charge in [-0.15, -0.1) is 0 Å². The molecule has 0 spiro atoms. The van der Waals surface area contributed by atoms with Crippen LogP contribution in [0, 0.1) is 31.3 Å². The van der Waals surface area contributed by atoms with Crippen molar-refractivity contribution in [2.24, 2.45) is 0 Å². The van der Waals surface area contributed by atoms with E-state index in [1.54, 1.807) is 0 Å². The van der Waals surface area contributed by atoms with Gasteiger partial charge in [0.2, 0.25) is 0 Å². The average Bonchev–Trinajstić information content (AvgIpc) is 2.47. The fourth-order valence-corrected chi connectivity index (χ4v) is 3.24. The highest BCUT2D eigenvalue weighted by molar-refractivity contribution is 5.41. The zero-order valence-corrected chi connectivity index (χ0v) is 15.2. The fraction of sp³-hybridized carbons (Fsp3) is 0.429. The molecule has 0 atom stereocenters. The summed E-state index contributed by atoms with van der Waals surface area (Å²) in [6.45, 7) is 12.3. The van der Waals surface area contributed by atoms with Crippen molar-refractivity contribution >= 4 is 0 Å². The third-order valence-electron chi connectivity index (χ3n) is 4.74. The molecule has 0 heterocycles. The maximum Gasteiger partial charge on any atom is 0.194 e. The molecule has 0 N–H and O–H groups in total. The molecule has 0 amide bonds. The van der Waals surface area contributed by atoms with Crippen molar-refractivity contribution in [2.45, 2.75) is 59.3 Å². The van der Waals surface area contributed by atoms with E-state index in [0.717, 1.165) is 17.7 Å². The second kappa shape index (κ2) is 6.62. The Hall–Kier alpha value is -1.77. The van der Waals surface area contributed by atoms with E-state index in [2.05, 4.69) is 39.8 Å². The van der Waals surface area contributed by atoms with E-state index in [1.165, 1.54) is 16.7 Å². The van der Waals surface area contributed by atoms with Gasteiger partial charge in [0.1, 0.15) is 0 Å². The second-order valence-corrected chi connectivity index (χ2v) is 7.60. The van der Waals surface area contributed by atoms with Gasteiger partial charge in [-0.2, -0.15) is 0 Å². The molecule has 0 aliphatic rings. The molecule has 0 fully saturated rings. The molecule has 0 saturated carbocycles. The first-order valence-electron chi connectivity index (χ1n) is 8.28. The number of hydrogen-bond acceptors (Lipinski definition) is 0. The first-order valence-corrected chi connectivity index (χ1v) is 8.28. The van der Waals surface area contributed by atoms with Gasteiger partial charge in [-0.1, -0.05) is 39.8 Å². The third-order valence-corrected chi connectivity index (χ3v) is 4.74. The fourth-order valence-electron chi connectivity index (χ4n) is 3.24. The normalized spacial score (nSPS) is 12.1. The zero-order valence-electron chi connectivity index (χ0n) is 15.2. The Kier molecular flexibility index (Phi) is 5.12. The lowest BCUT2D eigenvalue weighted by Crippen LogP contribution is -2.22. The van der Waals surface area contributed by atoms with Crippen molar-refractivity contribution in [3.05, 3.63) is 69.5 Å². The summed E-state index contributed by atoms with van der Waals surface area (Å²) in [5.74, 6) is -3.24. The molecule has 130 valence electrons. The number of aryl methyl sites for hydroxylation is 2. The topological polar surface area (TPSA) is 0 Å². The van der Waals surface area contributed by atoms with Gasteiger partial charge in [0, 0.05) is 0 Å². The molecule has 0 aliphatic carbocycles. The smallest absolute Gasteiger partial charge is 0.194 e. The SMILES string of the molecule is Cc1cc(C(C)C)c(C)cc1CC(C)(C)c1cc(F)c(F)c(F)c1. The summed E-state index contributed by atoms with van der Waals surface area (Å²) < 4.78 is 40.4. The minimum absolute atomic E-state index is 0.450. The predicted octanol–water partition coefficient (Wildman–Crippen LogP) is 6.36. The first kappa shape index (κ1) is 18.6. The summed E-state index contributed by atoms with van der Waals surface area (Å²) in [5, 5.41) is 0. The third kappa shape index (κ3) is 3.66. The molecule has 0 radical (unpaired) electrons. The van der Waals surface area contributed by atoms with Crippen LogP contribution in [0.4, 0.5) is 13.2 Å². The lowest BCUT2D eigenvalue weighted by Gasteiger charge is -2.27. The van der Waals surface area contributed by atoms with Crippen LogP contribution in [0.2, 0.25) is 0 Å². The Bertz CT molecular complexity index is 735. The van der Waals surface area contributed by atoms with Gasteiger partial charge in [-0.25, -0.2) is 13.2 Å². The van der Waals surface area contributed by atoms with E-state index in [0.29, 0.717) is 17.9 Å². The van der Waals surface area contributed by atoms with Crippen LogP contribution in [-0.2, 0) is 11.8 Å². The summed E-state index contributed by atoms with van der Waals surface area (Å²) in [6, 6.07) is 6.55. The Morgan fingerprint density at radius 1 is 0.875 bits per heavy atom. The largest absolute Gasteiger partial charge is 0.204 e. The maximum atomic E-state index is 13.6. The van der Waals surface area contributed by atoms with Crippen LogP contribution in [0.15, 0.2) is 24.3 Å². The highest BCUT2D eigenvalue weighted by Gasteiger charge is 2.25. The minimum atomic E-state index is -1.41. The van der Waals surface area contributed by atoms with E-state index in [9.17, 15) is 13.2 Å². The van der Waals surface area contributed by atoms with Gasteiger partial charge in [0.15, 0.2) is 17.5 Å². The lowest BCUT2D eigenvalue weighted by molar-refractivity contribution is 0.434. The van der Waals surface area contributed by atoms with Crippen LogP contribution in [0.1, 0.15) is 61.4 Å². The van der Waals surface area contributed by atoms with Gasteiger partial charge < -0.3 is 0 Å². The van der Waals surface area contributed by atoms with Gasteiger partial charge in [-0.05, 0) is 71.6 Å². The van der Waals surface area contributed by atoms with Gasteiger partial charge >= 0.3 is 0 Å². The van der Waals surface area contributed by atoms with Crippen molar-refractivity contribution in [2.75, 3.05) is 0 Å². The monoisotopic (exact) mass is 334 g/mol. The van der Waals surface area contributed by atoms with E-state index in [1.807, 2.05) is 13.8 Å². The summed E-state index contributed by atoms with van der Waals surface area (Å²) >= 11 is 0. The maximum absolute atomic E-state index is 13.6. The molecular formula is C21H25F3. The van der Waals surface area contributed by atoms with Crippen LogP contribution in [0.5, 0.6) is 0 Å². The minimum Gasteiger partial charge on any atom is -0.204 e. The van der Waals surface area contributed by atoms with Gasteiger partial charge in [-0.3, -0.25) is 0 Å². The van der Waals surface area contributed by atoms with Crippen LogP contribution >= 0.6 is 0 Å². The molecule has 2 aromatic carbocycles. The molecule has 2 rings (SSSR count). The van der Waals surface area contributed by atoms with Crippen molar-refractivity contribution in [1.82, 2.24) is 0 Å². The van der Waals surface area contributed by atoms with Crippen molar-refractivity contribution in [1.29, 1.82) is 0 Å². The van der Waals surface area contributed by atoms with Gasteiger partial charge in [0.05, 0.1) is 0 Å². The van der Waals surface area contributed by atoms with E-state index < -0.39 is 22.9 Å². The Morgan fingerprint density at radius 2 is 1.42 bits per heavy atom. The molecule has 0 unspecified atom stereocenters. The summed E-state index contributed by atoms with van der Waals surface area (Å²) in [5.41, 5.74) is 4.80. The van der Waals surface area contributed by atoms with E-state index in [-0.39, 0.29) is 0 Å². The zero-order chi connectivity index (χ0) is 18.2. The van der Waals surface area contributed by atoms with Crippen LogP contribution in [0.3, 0.4) is 0 Å². The van der Waals surface area contributed by atoms with Crippen LogP contribution in [-0.4, -0.2) is 0 Å². The first-order chi connectivity index (χ1) is 11.0. The molecule has 0 saturated heterocycles. The molecule has 3 heteroatoms. The van der Waals surface area contributed by atoms with Crippen molar-refractivity contribution in [3.8, 4) is 0 Å². The molecule has 24 heavy (non-hydrogen) atoms. The summed E-state index contributed by atoms with van der Waals surface area (Å²) in [7, 11) is 0. The highest BCUT2D eigenvalue weighted by atomic mass is 19.2. The average molecular weight is 334 g/mol. The summed E-state index contributed by atoms with van der Waals surface area (Å²) in [6.07, 6.45) is 0.628. The molecule has 0 aliphatic heterocycles. The number of halogens is 3. The number of rotatable bonds is 4.